The van der Waals surface area contributed by atoms with Crippen molar-refractivity contribution < 1.29 is 0 Å². The smallest absolute Gasteiger partial charge is 0.238 e. The van der Waals surface area contributed by atoms with Crippen molar-refractivity contribution in [2.75, 3.05) is 0 Å². The lowest BCUT2D eigenvalue weighted by atomic mass is 9.93. The lowest BCUT2D eigenvalue weighted by molar-refractivity contribution is 0.954. The predicted molar refractivity (Wildman–Crippen MR) is 263 cm³/mol. The Bertz CT molecular complexity index is 3920. The Morgan fingerprint density at radius 2 is 0.841 bits per heavy atom. The maximum atomic E-state index is 5.50. The zero-order valence-electron chi connectivity index (χ0n) is 33.9. The van der Waals surface area contributed by atoms with Crippen LogP contribution in [0.3, 0.4) is 0 Å². The molecule has 0 spiro atoms. The third-order valence-corrected chi connectivity index (χ3v) is 13.6. The number of nitrogens with zero attached hydrogens (tertiary/aromatic N) is 5. The molecule has 9 aromatic carbocycles. The molecule has 0 saturated carbocycles. The molecule has 13 aromatic rings. The maximum Gasteiger partial charge on any atom is 0.238 e. The van der Waals surface area contributed by atoms with Crippen LogP contribution in [0.1, 0.15) is 0 Å². The van der Waals surface area contributed by atoms with E-state index < -0.39 is 0 Å². The minimum Gasteiger partial charge on any atom is -0.307 e. The molecule has 0 aliphatic carbocycles. The highest BCUT2D eigenvalue weighted by Crippen LogP contribution is 2.45. The molecule has 0 N–H and O–H groups in total. The van der Waals surface area contributed by atoms with E-state index in [1.807, 2.05) is 18.2 Å². The fraction of sp³-hybridized carbons (Fsp3) is 0. The van der Waals surface area contributed by atoms with E-state index in [4.69, 9.17) is 15.0 Å². The van der Waals surface area contributed by atoms with Gasteiger partial charge in [-0.3, -0.25) is 4.57 Å². The van der Waals surface area contributed by atoms with Gasteiger partial charge in [0, 0.05) is 58.4 Å². The second kappa shape index (κ2) is 14.2. The van der Waals surface area contributed by atoms with Crippen LogP contribution in [0.2, 0.25) is 0 Å². The minimum absolute atomic E-state index is 0.565. The molecule has 0 atom stereocenters. The Kier molecular flexibility index (Phi) is 8.01. The van der Waals surface area contributed by atoms with Gasteiger partial charge in [0.25, 0.3) is 0 Å². The number of para-hydroxylation sites is 3. The topological polar surface area (TPSA) is 48.5 Å². The number of benzene rings is 9. The third-order valence-electron chi connectivity index (χ3n) is 12.4. The summed E-state index contributed by atoms with van der Waals surface area (Å²) < 4.78 is 7.15. The number of thiophene rings is 1. The number of hydrogen-bond donors (Lipinski definition) is 0. The van der Waals surface area contributed by atoms with E-state index in [-0.39, 0.29) is 0 Å². The van der Waals surface area contributed by atoms with Crippen LogP contribution < -0.4 is 0 Å². The van der Waals surface area contributed by atoms with Crippen molar-refractivity contribution in [3.8, 4) is 56.7 Å². The van der Waals surface area contributed by atoms with Gasteiger partial charge in [-0.15, -0.1) is 11.3 Å². The fourth-order valence-corrected chi connectivity index (χ4v) is 10.9. The van der Waals surface area contributed by atoms with Crippen molar-refractivity contribution in [1.82, 2.24) is 24.1 Å². The van der Waals surface area contributed by atoms with E-state index in [0.29, 0.717) is 17.6 Å². The molecule has 0 unspecified atom stereocenters. The molecule has 5 nitrogen and oxygen atoms in total. The number of hydrogen-bond acceptors (Lipinski definition) is 4. The van der Waals surface area contributed by atoms with E-state index in [2.05, 4.69) is 203 Å². The van der Waals surface area contributed by atoms with Crippen LogP contribution in [0.25, 0.3) is 120 Å². The van der Waals surface area contributed by atoms with Crippen molar-refractivity contribution >= 4 is 75.1 Å². The van der Waals surface area contributed by atoms with Crippen molar-refractivity contribution in [3.05, 3.63) is 212 Å². The highest BCUT2D eigenvalue weighted by atomic mass is 32.1. The second-order valence-electron chi connectivity index (χ2n) is 15.9. The summed E-state index contributed by atoms with van der Waals surface area (Å²) in [5.74, 6) is 1.82. The molecule has 13 rings (SSSR count). The molecule has 4 heterocycles. The summed E-state index contributed by atoms with van der Waals surface area (Å²) in [6.45, 7) is 0. The highest BCUT2D eigenvalue weighted by molar-refractivity contribution is 7.26. The molecule has 0 amide bonds. The van der Waals surface area contributed by atoms with Gasteiger partial charge < -0.3 is 4.57 Å². The Morgan fingerprint density at radius 3 is 1.59 bits per heavy atom. The van der Waals surface area contributed by atoms with Crippen LogP contribution in [-0.2, 0) is 0 Å². The molecule has 4 aromatic heterocycles. The summed E-state index contributed by atoms with van der Waals surface area (Å²) in [5.41, 5.74) is 12.0. The van der Waals surface area contributed by atoms with Crippen LogP contribution in [0.5, 0.6) is 0 Å². The molecule has 0 aliphatic rings. The zero-order valence-corrected chi connectivity index (χ0v) is 34.7. The van der Waals surface area contributed by atoms with Gasteiger partial charge in [-0.05, 0) is 47.0 Å². The summed E-state index contributed by atoms with van der Waals surface area (Å²) in [4.78, 5) is 16.2. The third kappa shape index (κ3) is 5.52. The van der Waals surface area contributed by atoms with Crippen molar-refractivity contribution in [2.24, 2.45) is 0 Å². The SMILES string of the molecule is c1ccc(-c2nc(-c3cccc4c3sc3ccccc34)nc(-n3c4ccccc4c4ccc5c6ccccc6n(-c6ccccc6-c6ccccc6-c6ccccc6)c5c43)n2)cc1. The normalized spacial score (nSPS) is 11.8. The molecular formula is C57H35N5S. The van der Waals surface area contributed by atoms with Gasteiger partial charge in [-0.2, -0.15) is 9.97 Å². The van der Waals surface area contributed by atoms with Crippen molar-refractivity contribution in [2.45, 2.75) is 0 Å². The first kappa shape index (κ1) is 35.6. The summed E-state index contributed by atoms with van der Waals surface area (Å²) in [6.07, 6.45) is 0. The van der Waals surface area contributed by atoms with Gasteiger partial charge in [0.15, 0.2) is 11.6 Å². The van der Waals surface area contributed by atoms with Crippen LogP contribution in [0.4, 0.5) is 0 Å². The average Bonchev–Trinajstić information content (AvgIpc) is 4.02. The monoisotopic (exact) mass is 821 g/mol. The Hall–Kier alpha value is -8.19. The Morgan fingerprint density at radius 1 is 0.317 bits per heavy atom. The first-order valence-electron chi connectivity index (χ1n) is 21.2. The summed E-state index contributed by atoms with van der Waals surface area (Å²) >= 11 is 1.79. The van der Waals surface area contributed by atoms with E-state index in [1.54, 1.807) is 11.3 Å². The molecule has 294 valence electrons. The van der Waals surface area contributed by atoms with Gasteiger partial charge in [0.05, 0.1) is 27.8 Å². The van der Waals surface area contributed by atoms with Gasteiger partial charge >= 0.3 is 0 Å². The number of aromatic nitrogens is 5. The van der Waals surface area contributed by atoms with E-state index in [1.165, 1.54) is 37.5 Å². The van der Waals surface area contributed by atoms with Gasteiger partial charge in [0.1, 0.15) is 0 Å². The standard InChI is InChI=1S/C57H35N5S/c1-3-18-36(19-4-1)38-22-7-8-23-39(38)40-24-9-13-30-48(40)61-49-31-14-10-25-41(49)44-34-35-45-42-26-11-15-32-50(42)62(53(45)52(44)61)57-59-55(37-20-5-2-6-21-37)58-56(60-57)47-29-17-28-46-43-27-12-16-33-51(43)63-54(46)47/h1-35H. The largest absolute Gasteiger partial charge is 0.307 e. The molecule has 0 radical (unpaired) electrons. The number of rotatable bonds is 6. The fourth-order valence-electron chi connectivity index (χ4n) is 9.67. The lowest BCUT2D eigenvalue weighted by Gasteiger charge is -2.18. The lowest BCUT2D eigenvalue weighted by Crippen LogP contribution is -2.07. The van der Waals surface area contributed by atoms with Gasteiger partial charge in [-0.1, -0.05) is 182 Å². The van der Waals surface area contributed by atoms with E-state index >= 15 is 0 Å². The molecular weight excluding hydrogens is 787 g/mol. The number of fused-ring (bicyclic) bond motifs is 10. The summed E-state index contributed by atoms with van der Waals surface area (Å²) in [5, 5.41) is 7.02. The van der Waals surface area contributed by atoms with Crippen LogP contribution in [-0.4, -0.2) is 24.1 Å². The van der Waals surface area contributed by atoms with Crippen molar-refractivity contribution in [1.29, 1.82) is 0 Å². The first-order chi connectivity index (χ1) is 31.3. The first-order valence-corrected chi connectivity index (χ1v) is 22.0. The molecule has 6 heteroatoms. The molecule has 0 fully saturated rings. The summed E-state index contributed by atoms with van der Waals surface area (Å²) in [6, 6.07) is 75.6. The minimum atomic E-state index is 0.565. The van der Waals surface area contributed by atoms with E-state index in [9.17, 15) is 0 Å². The average molecular weight is 822 g/mol. The van der Waals surface area contributed by atoms with E-state index in [0.717, 1.165) is 65.3 Å². The van der Waals surface area contributed by atoms with Crippen molar-refractivity contribution in [3.63, 3.8) is 0 Å². The predicted octanol–water partition coefficient (Wildman–Crippen LogP) is 15.1. The summed E-state index contributed by atoms with van der Waals surface area (Å²) in [7, 11) is 0. The van der Waals surface area contributed by atoms with Crippen LogP contribution in [0, 0.1) is 0 Å². The quantitative estimate of drug-likeness (QED) is 0.168. The highest BCUT2D eigenvalue weighted by Gasteiger charge is 2.25. The maximum absolute atomic E-state index is 5.50. The van der Waals surface area contributed by atoms with Gasteiger partial charge in [0.2, 0.25) is 5.95 Å². The molecule has 0 saturated heterocycles. The van der Waals surface area contributed by atoms with Crippen LogP contribution >= 0.6 is 11.3 Å². The molecule has 0 aliphatic heterocycles. The van der Waals surface area contributed by atoms with Crippen LogP contribution in [0.15, 0.2) is 212 Å². The van der Waals surface area contributed by atoms with Gasteiger partial charge in [-0.25, -0.2) is 4.98 Å². The Balaban J connectivity index is 1.16. The molecule has 63 heavy (non-hydrogen) atoms. The molecule has 0 bridgehead atoms. The second-order valence-corrected chi connectivity index (χ2v) is 17.0. The Labute approximate surface area is 366 Å². The zero-order chi connectivity index (χ0) is 41.4.